The first kappa shape index (κ1) is 21.5. The van der Waals surface area contributed by atoms with Crippen LogP contribution in [0.25, 0.3) is 5.69 Å². The lowest BCUT2D eigenvalue weighted by molar-refractivity contribution is 0.101. The van der Waals surface area contributed by atoms with Crippen molar-refractivity contribution in [1.29, 1.82) is 0 Å². The van der Waals surface area contributed by atoms with Crippen molar-refractivity contribution < 1.29 is 4.79 Å². The average molecular weight is 408 g/mol. The predicted molar refractivity (Wildman–Crippen MR) is 118 cm³/mol. The lowest BCUT2D eigenvalue weighted by Crippen LogP contribution is -2.26. The van der Waals surface area contributed by atoms with Crippen molar-refractivity contribution >= 4 is 11.7 Å². The number of nitrogens with one attached hydrogen (secondary N) is 1. The molecule has 2 heterocycles. The zero-order valence-corrected chi connectivity index (χ0v) is 18.3. The highest BCUT2D eigenvalue weighted by Gasteiger charge is 2.26. The van der Waals surface area contributed by atoms with Gasteiger partial charge in [-0.05, 0) is 31.5 Å². The van der Waals surface area contributed by atoms with Crippen molar-refractivity contribution in [2.75, 3.05) is 5.32 Å². The standard InChI is InChI=1S/C23H29N5O2/c1-6-7-15-27-19(29)14-13-18(25-27)22(30)24-21-16(2)20(23(3,4)5)26-28(21)17-11-9-8-10-12-17/h8-14H,6-7,15H2,1-5H3,(H,24,30). The topological polar surface area (TPSA) is 81.8 Å². The van der Waals surface area contributed by atoms with Crippen LogP contribution in [0.4, 0.5) is 5.82 Å². The fourth-order valence-electron chi connectivity index (χ4n) is 3.32. The molecule has 3 aromatic rings. The largest absolute Gasteiger partial charge is 0.305 e. The third kappa shape index (κ3) is 4.50. The van der Waals surface area contributed by atoms with Gasteiger partial charge in [-0.15, -0.1) is 0 Å². The van der Waals surface area contributed by atoms with Crippen LogP contribution in [0.15, 0.2) is 47.3 Å². The Morgan fingerprint density at radius 2 is 1.77 bits per heavy atom. The van der Waals surface area contributed by atoms with Gasteiger partial charge in [0, 0.05) is 23.6 Å². The molecule has 0 atom stereocenters. The molecule has 3 rings (SSSR count). The van der Waals surface area contributed by atoms with Crippen LogP contribution in [-0.2, 0) is 12.0 Å². The summed E-state index contributed by atoms with van der Waals surface area (Å²) in [4.78, 5) is 25.0. The fourth-order valence-corrected chi connectivity index (χ4v) is 3.32. The third-order valence-electron chi connectivity index (χ3n) is 4.89. The van der Waals surface area contributed by atoms with Crippen molar-refractivity contribution in [1.82, 2.24) is 19.6 Å². The Morgan fingerprint density at radius 3 is 2.40 bits per heavy atom. The van der Waals surface area contributed by atoms with Crippen LogP contribution in [0.2, 0.25) is 0 Å². The van der Waals surface area contributed by atoms with Crippen molar-refractivity contribution in [3.8, 4) is 5.69 Å². The van der Waals surface area contributed by atoms with Gasteiger partial charge in [-0.3, -0.25) is 9.59 Å². The summed E-state index contributed by atoms with van der Waals surface area (Å²) in [6, 6.07) is 12.5. The second-order valence-electron chi connectivity index (χ2n) is 8.41. The van der Waals surface area contributed by atoms with Gasteiger partial charge in [0.2, 0.25) is 0 Å². The summed E-state index contributed by atoms with van der Waals surface area (Å²) in [5.74, 6) is 0.227. The van der Waals surface area contributed by atoms with Crippen LogP contribution in [0, 0.1) is 6.92 Å². The van der Waals surface area contributed by atoms with E-state index < -0.39 is 0 Å². The van der Waals surface area contributed by atoms with Gasteiger partial charge in [-0.1, -0.05) is 52.3 Å². The molecule has 7 nitrogen and oxygen atoms in total. The Labute approximate surface area is 176 Å². The number of carbonyl (C=O) groups is 1. The molecular weight excluding hydrogens is 378 g/mol. The van der Waals surface area contributed by atoms with E-state index in [0.29, 0.717) is 12.4 Å². The van der Waals surface area contributed by atoms with E-state index in [1.165, 1.54) is 16.8 Å². The summed E-state index contributed by atoms with van der Waals surface area (Å²) in [6.45, 7) is 10.8. The molecule has 0 aliphatic heterocycles. The lowest BCUT2D eigenvalue weighted by atomic mass is 9.90. The van der Waals surface area contributed by atoms with Gasteiger partial charge in [0.15, 0.2) is 0 Å². The van der Waals surface area contributed by atoms with E-state index in [2.05, 4.69) is 31.2 Å². The molecule has 0 aliphatic carbocycles. The van der Waals surface area contributed by atoms with Crippen molar-refractivity contribution in [3.05, 3.63) is 69.8 Å². The summed E-state index contributed by atoms with van der Waals surface area (Å²) in [6.07, 6.45) is 1.77. The predicted octanol–water partition coefficient (Wildman–Crippen LogP) is 4.09. The summed E-state index contributed by atoms with van der Waals surface area (Å²) >= 11 is 0. The van der Waals surface area contributed by atoms with Crippen molar-refractivity contribution in [2.24, 2.45) is 0 Å². The number of hydrogen-bond acceptors (Lipinski definition) is 4. The van der Waals surface area contributed by atoms with Crippen LogP contribution < -0.4 is 10.9 Å². The number of unbranched alkanes of at least 4 members (excludes halogenated alkanes) is 1. The molecule has 0 saturated heterocycles. The number of benzene rings is 1. The zero-order chi connectivity index (χ0) is 21.9. The van der Waals surface area contributed by atoms with E-state index in [1.807, 2.05) is 44.2 Å². The number of aromatic nitrogens is 4. The summed E-state index contributed by atoms with van der Waals surface area (Å²) in [5.41, 5.74) is 2.47. The summed E-state index contributed by atoms with van der Waals surface area (Å²) in [7, 11) is 0. The van der Waals surface area contributed by atoms with Gasteiger partial charge >= 0.3 is 0 Å². The smallest absolute Gasteiger partial charge is 0.277 e. The minimum absolute atomic E-state index is 0.185. The highest BCUT2D eigenvalue weighted by atomic mass is 16.2. The molecule has 1 aromatic carbocycles. The number of para-hydroxylation sites is 1. The Hall–Kier alpha value is -3.22. The van der Waals surface area contributed by atoms with E-state index in [0.717, 1.165) is 29.8 Å². The number of rotatable bonds is 6. The normalized spacial score (nSPS) is 11.5. The van der Waals surface area contributed by atoms with Crippen LogP contribution in [-0.4, -0.2) is 25.5 Å². The number of anilines is 1. The van der Waals surface area contributed by atoms with Crippen LogP contribution in [0.5, 0.6) is 0 Å². The van der Waals surface area contributed by atoms with Gasteiger partial charge in [-0.25, -0.2) is 9.36 Å². The van der Waals surface area contributed by atoms with Gasteiger partial charge in [-0.2, -0.15) is 10.2 Å². The Kier molecular flexibility index (Phi) is 6.20. The SMILES string of the molecule is CCCCn1nc(C(=O)Nc2c(C)c(C(C)(C)C)nn2-c2ccccc2)ccc1=O. The van der Waals surface area contributed by atoms with Gasteiger partial charge in [0.1, 0.15) is 11.5 Å². The van der Waals surface area contributed by atoms with Crippen molar-refractivity contribution in [3.63, 3.8) is 0 Å². The first-order valence-electron chi connectivity index (χ1n) is 10.3. The van der Waals surface area contributed by atoms with Crippen LogP contribution in [0.3, 0.4) is 0 Å². The van der Waals surface area contributed by atoms with Gasteiger partial charge in [0.25, 0.3) is 11.5 Å². The Balaban J connectivity index is 2.01. The average Bonchev–Trinajstić information content (AvgIpc) is 3.04. The van der Waals surface area contributed by atoms with Gasteiger partial charge in [0.05, 0.1) is 11.4 Å². The monoisotopic (exact) mass is 407 g/mol. The molecule has 2 aromatic heterocycles. The summed E-state index contributed by atoms with van der Waals surface area (Å²) < 4.78 is 3.10. The molecule has 0 fully saturated rings. The first-order chi connectivity index (χ1) is 14.2. The second-order valence-corrected chi connectivity index (χ2v) is 8.41. The molecule has 0 radical (unpaired) electrons. The van der Waals surface area contributed by atoms with Gasteiger partial charge < -0.3 is 5.32 Å². The molecule has 0 aliphatic rings. The number of nitrogens with zero attached hydrogens (tertiary/aromatic N) is 4. The number of aryl methyl sites for hydroxylation is 1. The minimum Gasteiger partial charge on any atom is -0.305 e. The number of hydrogen-bond donors (Lipinski definition) is 1. The molecule has 0 spiro atoms. The quantitative estimate of drug-likeness (QED) is 0.667. The maximum Gasteiger partial charge on any atom is 0.277 e. The molecule has 0 unspecified atom stereocenters. The highest BCUT2D eigenvalue weighted by Crippen LogP contribution is 2.31. The number of amides is 1. The molecule has 1 amide bonds. The van der Waals surface area contributed by atoms with E-state index in [-0.39, 0.29) is 22.6 Å². The van der Waals surface area contributed by atoms with E-state index in [1.54, 1.807) is 4.68 Å². The molecule has 0 saturated carbocycles. The third-order valence-corrected chi connectivity index (χ3v) is 4.89. The minimum atomic E-state index is -0.374. The maximum atomic E-state index is 13.0. The van der Waals surface area contributed by atoms with E-state index >= 15 is 0 Å². The molecule has 0 bridgehead atoms. The van der Waals surface area contributed by atoms with E-state index in [9.17, 15) is 9.59 Å². The first-order valence-corrected chi connectivity index (χ1v) is 10.3. The molecule has 158 valence electrons. The van der Waals surface area contributed by atoms with E-state index in [4.69, 9.17) is 5.10 Å². The molecular formula is C23H29N5O2. The lowest BCUT2D eigenvalue weighted by Gasteiger charge is -2.16. The van der Waals surface area contributed by atoms with Crippen molar-refractivity contribution in [2.45, 2.75) is 59.4 Å². The molecule has 30 heavy (non-hydrogen) atoms. The highest BCUT2D eigenvalue weighted by molar-refractivity contribution is 6.02. The van der Waals surface area contributed by atoms with Crippen LogP contribution >= 0.6 is 0 Å². The fraction of sp³-hybridized carbons (Fsp3) is 0.391. The zero-order valence-electron chi connectivity index (χ0n) is 18.3. The Bertz CT molecular complexity index is 1090. The summed E-state index contributed by atoms with van der Waals surface area (Å²) in [5, 5.41) is 12.0. The van der Waals surface area contributed by atoms with Crippen LogP contribution in [0.1, 0.15) is 62.3 Å². The molecule has 7 heteroatoms. The Morgan fingerprint density at radius 1 is 1.07 bits per heavy atom. The molecule has 1 N–H and O–H groups in total. The number of carbonyl (C=O) groups excluding carboxylic acids is 1. The second kappa shape index (κ2) is 8.65. The maximum absolute atomic E-state index is 13.0.